The summed E-state index contributed by atoms with van der Waals surface area (Å²) in [6.45, 7) is 7.35. The molecule has 15 heavy (non-hydrogen) atoms. The van der Waals surface area contributed by atoms with E-state index in [2.05, 4.69) is 19.0 Å². The van der Waals surface area contributed by atoms with Crippen LogP contribution < -0.4 is 5.73 Å². The molecule has 1 atom stereocenters. The van der Waals surface area contributed by atoms with Gasteiger partial charge in [0.2, 0.25) is 0 Å². The number of nitrogens with two attached hydrogens (primary N) is 1. The molecule has 0 saturated heterocycles. The van der Waals surface area contributed by atoms with Crippen molar-refractivity contribution in [3.8, 4) is 0 Å². The van der Waals surface area contributed by atoms with Crippen molar-refractivity contribution in [3.05, 3.63) is 17.0 Å². The summed E-state index contributed by atoms with van der Waals surface area (Å²) < 4.78 is 5.41. The van der Waals surface area contributed by atoms with Gasteiger partial charge in [0.05, 0.1) is 5.69 Å². The van der Waals surface area contributed by atoms with Crippen molar-refractivity contribution in [1.29, 1.82) is 0 Å². The first-order valence-electron chi connectivity index (χ1n) is 5.68. The van der Waals surface area contributed by atoms with Gasteiger partial charge in [0.25, 0.3) is 0 Å². The van der Waals surface area contributed by atoms with E-state index in [1.54, 1.807) is 0 Å². The maximum absolute atomic E-state index is 5.67. The molecule has 1 aliphatic rings. The minimum Gasteiger partial charge on any atom is -0.361 e. The van der Waals surface area contributed by atoms with Crippen LogP contribution in [0.15, 0.2) is 4.52 Å². The molecule has 2 N–H and O–H groups in total. The van der Waals surface area contributed by atoms with E-state index in [1.807, 2.05) is 6.92 Å². The van der Waals surface area contributed by atoms with E-state index in [-0.39, 0.29) is 0 Å². The molecule has 0 aliphatic heterocycles. The number of aryl methyl sites for hydroxylation is 1. The highest BCUT2D eigenvalue weighted by Crippen LogP contribution is 2.44. The number of nitrogens with zero attached hydrogens (tertiary/aromatic N) is 1. The molecule has 0 fully saturated rings. The Balaban J connectivity index is 2.36. The summed E-state index contributed by atoms with van der Waals surface area (Å²) >= 11 is 0. The maximum Gasteiger partial charge on any atom is 0.140 e. The molecule has 0 aromatic carbocycles. The lowest BCUT2D eigenvalue weighted by atomic mass is 9.70. The number of rotatable bonds is 2. The Morgan fingerprint density at radius 3 is 2.93 bits per heavy atom. The summed E-state index contributed by atoms with van der Waals surface area (Å²) in [5.74, 6) is 1.63. The van der Waals surface area contributed by atoms with Gasteiger partial charge in [-0.1, -0.05) is 19.0 Å². The van der Waals surface area contributed by atoms with Crippen LogP contribution in [0.1, 0.15) is 49.6 Å². The lowest BCUT2D eigenvalue weighted by Crippen LogP contribution is -2.26. The smallest absolute Gasteiger partial charge is 0.140 e. The molecule has 1 unspecified atom stereocenters. The maximum atomic E-state index is 5.67. The van der Waals surface area contributed by atoms with E-state index in [4.69, 9.17) is 10.3 Å². The van der Waals surface area contributed by atoms with Crippen molar-refractivity contribution in [1.82, 2.24) is 5.16 Å². The SMILES string of the molecule is Cc1noc2c1C(CCN)CC(C)(C)C2. The molecule has 0 radical (unpaired) electrons. The van der Waals surface area contributed by atoms with Crippen LogP contribution in [0.25, 0.3) is 0 Å². The molecule has 84 valence electrons. The first-order valence-corrected chi connectivity index (χ1v) is 5.68. The van der Waals surface area contributed by atoms with Gasteiger partial charge in [0, 0.05) is 12.0 Å². The van der Waals surface area contributed by atoms with E-state index in [0.717, 1.165) is 30.8 Å². The standard InChI is InChI=1S/C12H20N2O/c1-8-11-9(4-5-13)6-12(2,3)7-10(11)15-14-8/h9H,4-7,13H2,1-3H3. The van der Waals surface area contributed by atoms with Gasteiger partial charge in [0.15, 0.2) is 0 Å². The molecule has 1 aromatic rings. The van der Waals surface area contributed by atoms with Crippen molar-refractivity contribution in [2.24, 2.45) is 11.1 Å². The minimum atomic E-state index is 0.318. The molecule has 0 bridgehead atoms. The minimum absolute atomic E-state index is 0.318. The van der Waals surface area contributed by atoms with Gasteiger partial charge in [-0.2, -0.15) is 0 Å². The second kappa shape index (κ2) is 3.63. The molecular weight excluding hydrogens is 188 g/mol. The third-order valence-corrected chi connectivity index (χ3v) is 3.34. The average molecular weight is 208 g/mol. The summed E-state index contributed by atoms with van der Waals surface area (Å²) in [4.78, 5) is 0. The van der Waals surface area contributed by atoms with Crippen molar-refractivity contribution >= 4 is 0 Å². The molecule has 2 rings (SSSR count). The number of aromatic nitrogens is 1. The van der Waals surface area contributed by atoms with Crippen LogP contribution in [0.3, 0.4) is 0 Å². The van der Waals surface area contributed by atoms with Crippen LogP contribution in [0.5, 0.6) is 0 Å². The normalized spacial score (nSPS) is 23.9. The highest BCUT2D eigenvalue weighted by molar-refractivity contribution is 5.30. The van der Waals surface area contributed by atoms with E-state index in [1.165, 1.54) is 12.0 Å². The molecule has 3 nitrogen and oxygen atoms in total. The fourth-order valence-corrected chi connectivity index (χ4v) is 2.80. The number of fused-ring (bicyclic) bond motifs is 1. The predicted octanol–water partition coefficient (Wildman–Crippen LogP) is 2.39. The summed E-state index contributed by atoms with van der Waals surface area (Å²) in [5, 5.41) is 4.08. The Labute approximate surface area is 91.0 Å². The van der Waals surface area contributed by atoms with Gasteiger partial charge in [-0.3, -0.25) is 0 Å². The molecule has 1 heterocycles. The monoisotopic (exact) mass is 208 g/mol. The molecule has 1 aliphatic carbocycles. The Kier molecular flexibility index (Phi) is 2.59. The Morgan fingerprint density at radius 2 is 2.27 bits per heavy atom. The van der Waals surface area contributed by atoms with Gasteiger partial charge in [0.1, 0.15) is 5.76 Å². The second-order valence-electron chi connectivity index (χ2n) is 5.42. The molecule has 0 spiro atoms. The van der Waals surface area contributed by atoms with Crippen LogP contribution in [0.4, 0.5) is 0 Å². The van der Waals surface area contributed by atoms with E-state index >= 15 is 0 Å². The first kappa shape index (κ1) is 10.7. The van der Waals surface area contributed by atoms with E-state index in [9.17, 15) is 0 Å². The molecule has 1 aromatic heterocycles. The summed E-state index contributed by atoms with van der Waals surface area (Å²) in [6.07, 6.45) is 3.24. The van der Waals surface area contributed by atoms with Crippen molar-refractivity contribution < 1.29 is 4.52 Å². The van der Waals surface area contributed by atoms with Gasteiger partial charge in [-0.25, -0.2) is 0 Å². The van der Waals surface area contributed by atoms with Crippen LogP contribution in [-0.4, -0.2) is 11.7 Å². The Morgan fingerprint density at radius 1 is 1.53 bits per heavy atom. The summed E-state index contributed by atoms with van der Waals surface area (Å²) in [7, 11) is 0. The van der Waals surface area contributed by atoms with Crippen LogP contribution in [0, 0.1) is 12.3 Å². The third kappa shape index (κ3) is 1.93. The van der Waals surface area contributed by atoms with Gasteiger partial charge >= 0.3 is 0 Å². The number of hydrogen-bond donors (Lipinski definition) is 1. The van der Waals surface area contributed by atoms with Gasteiger partial charge in [-0.15, -0.1) is 0 Å². The Hall–Kier alpha value is -0.830. The molecule has 0 amide bonds. The van der Waals surface area contributed by atoms with Crippen molar-refractivity contribution in [2.75, 3.05) is 6.54 Å². The zero-order valence-corrected chi connectivity index (χ0v) is 9.84. The fraction of sp³-hybridized carbons (Fsp3) is 0.750. The van der Waals surface area contributed by atoms with Crippen LogP contribution in [-0.2, 0) is 6.42 Å². The van der Waals surface area contributed by atoms with Gasteiger partial charge < -0.3 is 10.3 Å². The molecule has 0 saturated carbocycles. The van der Waals surface area contributed by atoms with Gasteiger partial charge in [-0.05, 0) is 37.6 Å². The third-order valence-electron chi connectivity index (χ3n) is 3.34. The second-order valence-corrected chi connectivity index (χ2v) is 5.42. The fourth-order valence-electron chi connectivity index (χ4n) is 2.80. The van der Waals surface area contributed by atoms with Crippen LogP contribution in [0.2, 0.25) is 0 Å². The summed E-state index contributed by atoms with van der Waals surface area (Å²) in [6, 6.07) is 0. The lowest BCUT2D eigenvalue weighted by Gasteiger charge is -2.34. The lowest BCUT2D eigenvalue weighted by molar-refractivity contribution is 0.237. The van der Waals surface area contributed by atoms with Crippen molar-refractivity contribution in [2.45, 2.75) is 46.0 Å². The topological polar surface area (TPSA) is 52.0 Å². The summed E-state index contributed by atoms with van der Waals surface area (Å²) in [5.41, 5.74) is 8.38. The van der Waals surface area contributed by atoms with Crippen molar-refractivity contribution in [3.63, 3.8) is 0 Å². The predicted molar refractivity (Wildman–Crippen MR) is 59.8 cm³/mol. The zero-order valence-electron chi connectivity index (χ0n) is 9.84. The Bertz CT molecular complexity index is 355. The average Bonchev–Trinajstić information content (AvgIpc) is 2.46. The van der Waals surface area contributed by atoms with Crippen LogP contribution >= 0.6 is 0 Å². The largest absolute Gasteiger partial charge is 0.361 e. The van der Waals surface area contributed by atoms with E-state index < -0.39 is 0 Å². The quantitative estimate of drug-likeness (QED) is 0.812. The molecule has 3 heteroatoms. The highest BCUT2D eigenvalue weighted by Gasteiger charge is 2.35. The molecular formula is C12H20N2O. The highest BCUT2D eigenvalue weighted by atomic mass is 16.5. The first-order chi connectivity index (χ1) is 7.03. The number of hydrogen-bond acceptors (Lipinski definition) is 3. The zero-order chi connectivity index (χ0) is 11.1. The van der Waals surface area contributed by atoms with E-state index in [0.29, 0.717) is 11.3 Å².